The van der Waals surface area contributed by atoms with Crippen LogP contribution in [0.15, 0.2) is 30.3 Å². The number of carbonyl (C=O) groups is 1. The van der Waals surface area contributed by atoms with Gasteiger partial charge in [0, 0.05) is 6.54 Å². The summed E-state index contributed by atoms with van der Waals surface area (Å²) in [7, 11) is 0. The number of esters is 1. The van der Waals surface area contributed by atoms with Crippen LogP contribution in [0.5, 0.6) is 0 Å². The molecule has 0 radical (unpaired) electrons. The first kappa shape index (κ1) is 11.7. The number of rotatable bonds is 4. The maximum Gasteiger partial charge on any atom is 0.317 e. The van der Waals surface area contributed by atoms with Crippen molar-refractivity contribution in [2.45, 2.75) is 19.3 Å². The quantitative estimate of drug-likeness (QED) is 0.760. The molecule has 1 atom stereocenters. The first-order chi connectivity index (χ1) is 7.15. The Balaban J connectivity index is 3.00. The molecular weight excluding hydrogens is 190 g/mol. The van der Waals surface area contributed by atoms with Crippen LogP contribution in [0.25, 0.3) is 0 Å². The molecule has 1 aromatic carbocycles. The van der Waals surface area contributed by atoms with Crippen LogP contribution in [-0.4, -0.2) is 19.1 Å². The molecule has 82 valence electrons. The molecule has 15 heavy (non-hydrogen) atoms. The lowest BCUT2D eigenvalue weighted by molar-refractivity contribution is -0.149. The molecule has 0 saturated heterocycles. The minimum atomic E-state index is -0.739. The Hall–Kier alpha value is -1.35. The fourth-order valence-electron chi connectivity index (χ4n) is 1.42. The van der Waals surface area contributed by atoms with Gasteiger partial charge in [-0.05, 0) is 19.4 Å². The number of hydrogen-bond donors (Lipinski definition) is 1. The maximum absolute atomic E-state index is 11.8. The van der Waals surface area contributed by atoms with Gasteiger partial charge in [-0.25, -0.2) is 0 Å². The predicted octanol–water partition coefficient (Wildman–Crippen LogP) is 1.47. The zero-order chi connectivity index (χ0) is 11.3. The van der Waals surface area contributed by atoms with E-state index in [-0.39, 0.29) is 12.5 Å². The molecule has 3 nitrogen and oxygen atoms in total. The summed E-state index contributed by atoms with van der Waals surface area (Å²) >= 11 is 0. The van der Waals surface area contributed by atoms with Gasteiger partial charge in [-0.3, -0.25) is 4.79 Å². The highest BCUT2D eigenvalue weighted by molar-refractivity contribution is 5.83. The topological polar surface area (TPSA) is 52.3 Å². The second-order valence-electron chi connectivity index (χ2n) is 3.62. The molecule has 0 aliphatic rings. The van der Waals surface area contributed by atoms with Gasteiger partial charge in [-0.2, -0.15) is 0 Å². The van der Waals surface area contributed by atoms with Gasteiger partial charge in [0.05, 0.1) is 6.61 Å². The van der Waals surface area contributed by atoms with Crippen LogP contribution in [0.1, 0.15) is 19.4 Å². The number of ether oxygens (including phenoxy) is 1. The summed E-state index contributed by atoms with van der Waals surface area (Å²) in [4.78, 5) is 11.8. The third-order valence-electron chi connectivity index (χ3n) is 2.55. The molecule has 0 amide bonds. The third kappa shape index (κ3) is 2.36. The molecule has 0 aliphatic carbocycles. The molecule has 0 saturated carbocycles. The molecule has 2 N–H and O–H groups in total. The van der Waals surface area contributed by atoms with E-state index in [4.69, 9.17) is 10.5 Å². The number of nitrogens with two attached hydrogens (primary N) is 1. The monoisotopic (exact) mass is 207 g/mol. The van der Waals surface area contributed by atoms with Gasteiger partial charge in [-0.1, -0.05) is 30.3 Å². The lowest BCUT2D eigenvalue weighted by Gasteiger charge is -2.25. The van der Waals surface area contributed by atoms with Gasteiger partial charge in [0.15, 0.2) is 0 Å². The summed E-state index contributed by atoms with van der Waals surface area (Å²) in [6.45, 7) is 4.22. The van der Waals surface area contributed by atoms with E-state index >= 15 is 0 Å². The first-order valence-corrected chi connectivity index (χ1v) is 5.08. The molecule has 0 aliphatic heterocycles. The summed E-state index contributed by atoms with van der Waals surface area (Å²) in [6.07, 6.45) is 0. The molecule has 0 bridgehead atoms. The van der Waals surface area contributed by atoms with Crippen LogP contribution in [0.4, 0.5) is 0 Å². The smallest absolute Gasteiger partial charge is 0.317 e. The zero-order valence-electron chi connectivity index (χ0n) is 9.19. The van der Waals surface area contributed by atoms with E-state index in [9.17, 15) is 4.79 Å². The molecular formula is C12H17NO2. The van der Waals surface area contributed by atoms with Gasteiger partial charge < -0.3 is 10.5 Å². The molecule has 0 spiro atoms. The van der Waals surface area contributed by atoms with Crippen LogP contribution < -0.4 is 5.73 Å². The van der Waals surface area contributed by atoms with E-state index in [1.807, 2.05) is 30.3 Å². The minimum Gasteiger partial charge on any atom is -0.465 e. The molecule has 1 aromatic rings. The second-order valence-corrected chi connectivity index (χ2v) is 3.62. The van der Waals surface area contributed by atoms with Crippen LogP contribution in [-0.2, 0) is 14.9 Å². The predicted molar refractivity (Wildman–Crippen MR) is 59.5 cm³/mol. The molecule has 3 heteroatoms. The maximum atomic E-state index is 11.8. The number of hydrogen-bond acceptors (Lipinski definition) is 3. The van der Waals surface area contributed by atoms with Crippen molar-refractivity contribution in [3.05, 3.63) is 35.9 Å². The summed E-state index contributed by atoms with van der Waals surface area (Å²) in [5.41, 5.74) is 5.82. The Bertz CT molecular complexity index is 324. The normalized spacial score (nSPS) is 14.3. The largest absolute Gasteiger partial charge is 0.465 e. The van der Waals surface area contributed by atoms with Crippen LogP contribution in [0.3, 0.4) is 0 Å². The second kappa shape index (κ2) is 4.94. The first-order valence-electron chi connectivity index (χ1n) is 5.08. The molecule has 0 aromatic heterocycles. The van der Waals surface area contributed by atoms with Crippen LogP contribution >= 0.6 is 0 Å². The highest BCUT2D eigenvalue weighted by Crippen LogP contribution is 2.23. The Kier molecular flexibility index (Phi) is 3.86. The summed E-state index contributed by atoms with van der Waals surface area (Å²) in [6, 6.07) is 9.48. The Morgan fingerprint density at radius 3 is 2.47 bits per heavy atom. The van der Waals surface area contributed by atoms with Crippen molar-refractivity contribution in [1.82, 2.24) is 0 Å². The van der Waals surface area contributed by atoms with Gasteiger partial charge in [0.1, 0.15) is 5.41 Å². The van der Waals surface area contributed by atoms with Gasteiger partial charge in [-0.15, -0.1) is 0 Å². The molecule has 0 heterocycles. The summed E-state index contributed by atoms with van der Waals surface area (Å²) in [5, 5.41) is 0. The average Bonchev–Trinajstić information content (AvgIpc) is 2.29. The zero-order valence-corrected chi connectivity index (χ0v) is 9.19. The van der Waals surface area contributed by atoms with E-state index in [0.29, 0.717) is 6.61 Å². The number of benzene rings is 1. The lowest BCUT2D eigenvalue weighted by atomic mass is 9.82. The third-order valence-corrected chi connectivity index (χ3v) is 2.55. The van der Waals surface area contributed by atoms with Crippen molar-refractivity contribution in [1.29, 1.82) is 0 Å². The van der Waals surface area contributed by atoms with E-state index in [1.165, 1.54) is 0 Å². The Labute approximate surface area is 90.2 Å². The summed E-state index contributed by atoms with van der Waals surface area (Å²) in [5.74, 6) is -0.265. The van der Waals surface area contributed by atoms with Gasteiger partial charge >= 0.3 is 5.97 Å². The Morgan fingerprint density at radius 2 is 2.00 bits per heavy atom. The highest BCUT2D eigenvalue weighted by Gasteiger charge is 2.35. The van der Waals surface area contributed by atoms with Crippen molar-refractivity contribution in [2.75, 3.05) is 13.2 Å². The Morgan fingerprint density at radius 1 is 1.40 bits per heavy atom. The fourth-order valence-corrected chi connectivity index (χ4v) is 1.42. The van der Waals surface area contributed by atoms with Crippen molar-refractivity contribution in [3.63, 3.8) is 0 Å². The van der Waals surface area contributed by atoms with E-state index in [0.717, 1.165) is 5.56 Å². The minimum absolute atomic E-state index is 0.246. The SMILES string of the molecule is CCOC(=O)[C@](C)(CN)c1ccccc1. The van der Waals surface area contributed by atoms with Crippen LogP contribution in [0.2, 0.25) is 0 Å². The lowest BCUT2D eigenvalue weighted by Crippen LogP contribution is -2.41. The molecule has 0 fully saturated rings. The van der Waals surface area contributed by atoms with E-state index in [2.05, 4.69) is 0 Å². The van der Waals surface area contributed by atoms with Gasteiger partial charge in [0.2, 0.25) is 0 Å². The van der Waals surface area contributed by atoms with Crippen molar-refractivity contribution in [3.8, 4) is 0 Å². The average molecular weight is 207 g/mol. The van der Waals surface area contributed by atoms with Crippen molar-refractivity contribution < 1.29 is 9.53 Å². The standard InChI is InChI=1S/C12H17NO2/c1-3-15-11(14)12(2,9-13)10-7-5-4-6-8-10/h4-8H,3,9,13H2,1-2H3/t12-/m1/s1. The molecule has 1 rings (SSSR count). The van der Waals surface area contributed by atoms with Crippen LogP contribution in [0, 0.1) is 0 Å². The fraction of sp³-hybridized carbons (Fsp3) is 0.417. The van der Waals surface area contributed by atoms with Crippen molar-refractivity contribution in [2.24, 2.45) is 5.73 Å². The van der Waals surface area contributed by atoms with E-state index < -0.39 is 5.41 Å². The number of carbonyl (C=O) groups excluding carboxylic acids is 1. The summed E-state index contributed by atoms with van der Waals surface area (Å²) < 4.78 is 5.03. The van der Waals surface area contributed by atoms with Gasteiger partial charge in [0.25, 0.3) is 0 Å². The van der Waals surface area contributed by atoms with Crippen molar-refractivity contribution >= 4 is 5.97 Å². The van der Waals surface area contributed by atoms with E-state index in [1.54, 1.807) is 13.8 Å². The highest BCUT2D eigenvalue weighted by atomic mass is 16.5. The molecule has 0 unspecified atom stereocenters.